The molecule has 0 aliphatic rings. The number of aromatic nitrogens is 2. The maximum absolute atomic E-state index is 13.8. The van der Waals surface area contributed by atoms with Crippen LogP contribution in [0.15, 0.2) is 24.0 Å². The first kappa shape index (κ1) is 19.5. The zero-order valence-corrected chi connectivity index (χ0v) is 14.0. The molecule has 1 heterocycles. The van der Waals surface area contributed by atoms with Crippen molar-refractivity contribution < 1.29 is 31.9 Å². The van der Waals surface area contributed by atoms with E-state index in [1.165, 1.54) is 13.1 Å². The summed E-state index contributed by atoms with van der Waals surface area (Å²) >= 11 is 0.935. The molecule has 1 N–H and O–H groups in total. The third kappa shape index (κ3) is 4.23. The molecular formula is C15H11F4N3O3S. The minimum atomic E-state index is -2.15. The molecule has 2 rings (SSSR count). The number of carbonyl (C=O) groups excluding carboxylic acids is 2. The Bertz CT molecular complexity index is 856. The molecule has 0 radical (unpaired) electrons. The molecule has 1 aromatic heterocycles. The van der Waals surface area contributed by atoms with Crippen molar-refractivity contribution in [1.29, 1.82) is 0 Å². The van der Waals surface area contributed by atoms with Gasteiger partial charge in [0.15, 0.2) is 23.3 Å². The van der Waals surface area contributed by atoms with Gasteiger partial charge in [0.25, 0.3) is 0 Å². The third-order valence-electron chi connectivity index (χ3n) is 3.02. The number of esters is 1. The Morgan fingerprint density at radius 2 is 1.96 bits per heavy atom. The molecule has 0 bridgehead atoms. The number of nitrogens with one attached hydrogen (secondary N) is 1. The standard InChI is InChI=1S/C15H11F4N3O3S/c1-2-25-15(24)9(6-20-4-7-5-21-26-22-7)14(23)8-3-10(16)12(18)13(19)11(8)17/h3,5-6,20H,2,4H2,1H3. The predicted octanol–water partition coefficient (Wildman–Crippen LogP) is 2.51. The lowest BCUT2D eigenvalue weighted by molar-refractivity contribution is -0.138. The lowest BCUT2D eigenvalue weighted by Gasteiger charge is -2.09. The molecule has 0 aliphatic carbocycles. The summed E-state index contributed by atoms with van der Waals surface area (Å²) in [6, 6.07) is 0.174. The van der Waals surface area contributed by atoms with Crippen LogP contribution in [0.5, 0.6) is 0 Å². The van der Waals surface area contributed by atoms with Crippen molar-refractivity contribution >= 4 is 23.5 Å². The highest BCUT2D eigenvalue weighted by Gasteiger charge is 2.28. The molecule has 26 heavy (non-hydrogen) atoms. The van der Waals surface area contributed by atoms with Gasteiger partial charge in [0.1, 0.15) is 5.57 Å². The van der Waals surface area contributed by atoms with Crippen molar-refractivity contribution in [2.45, 2.75) is 13.5 Å². The van der Waals surface area contributed by atoms with Gasteiger partial charge in [0.2, 0.25) is 5.78 Å². The van der Waals surface area contributed by atoms with E-state index in [0.29, 0.717) is 5.69 Å². The van der Waals surface area contributed by atoms with Crippen molar-refractivity contribution in [3.63, 3.8) is 0 Å². The largest absolute Gasteiger partial charge is 0.462 e. The zero-order chi connectivity index (χ0) is 19.3. The smallest absolute Gasteiger partial charge is 0.343 e. The summed E-state index contributed by atoms with van der Waals surface area (Å²) in [6.07, 6.45) is 2.33. The monoisotopic (exact) mass is 389 g/mol. The van der Waals surface area contributed by atoms with Crippen molar-refractivity contribution in [2.24, 2.45) is 0 Å². The fourth-order valence-corrected chi connectivity index (χ4v) is 2.26. The highest BCUT2D eigenvalue weighted by atomic mass is 32.1. The Balaban J connectivity index is 2.35. The van der Waals surface area contributed by atoms with Gasteiger partial charge in [-0.3, -0.25) is 4.79 Å². The number of halogens is 4. The average Bonchev–Trinajstić information content (AvgIpc) is 3.13. The Labute approximate surface area is 148 Å². The van der Waals surface area contributed by atoms with Crippen molar-refractivity contribution in [1.82, 2.24) is 14.1 Å². The van der Waals surface area contributed by atoms with Crippen LogP contribution in [0.2, 0.25) is 0 Å². The van der Waals surface area contributed by atoms with E-state index in [9.17, 15) is 27.2 Å². The summed E-state index contributed by atoms with van der Waals surface area (Å²) in [6.45, 7) is 1.43. The van der Waals surface area contributed by atoms with Crippen molar-refractivity contribution in [2.75, 3.05) is 6.61 Å². The number of hydrogen-bond acceptors (Lipinski definition) is 7. The summed E-state index contributed by atoms with van der Waals surface area (Å²) in [5.74, 6) is -10.4. The molecule has 0 atom stereocenters. The first-order chi connectivity index (χ1) is 12.4. The number of carbonyl (C=O) groups is 2. The van der Waals surface area contributed by atoms with E-state index >= 15 is 0 Å². The van der Waals surface area contributed by atoms with Gasteiger partial charge in [-0.15, -0.1) is 0 Å². The second-order valence-electron chi connectivity index (χ2n) is 4.74. The van der Waals surface area contributed by atoms with Crippen molar-refractivity contribution in [3.8, 4) is 0 Å². The first-order valence-electron chi connectivity index (χ1n) is 7.11. The average molecular weight is 389 g/mol. The van der Waals surface area contributed by atoms with E-state index in [-0.39, 0.29) is 19.2 Å². The van der Waals surface area contributed by atoms with Crippen molar-refractivity contribution in [3.05, 3.63) is 58.6 Å². The second-order valence-corrected chi connectivity index (χ2v) is 5.29. The number of benzene rings is 1. The molecule has 0 saturated heterocycles. The van der Waals surface area contributed by atoms with E-state index in [4.69, 9.17) is 0 Å². The van der Waals surface area contributed by atoms with Crippen LogP contribution >= 0.6 is 11.7 Å². The number of nitrogens with zero attached hydrogens (tertiary/aromatic N) is 2. The van der Waals surface area contributed by atoms with Gasteiger partial charge < -0.3 is 10.1 Å². The predicted molar refractivity (Wildman–Crippen MR) is 82.1 cm³/mol. The summed E-state index contributed by atoms with van der Waals surface area (Å²) in [5, 5.41) is 2.57. The molecule has 0 saturated carbocycles. The fraction of sp³-hybridized carbons (Fsp3) is 0.200. The Morgan fingerprint density at radius 1 is 1.23 bits per heavy atom. The highest BCUT2D eigenvalue weighted by Crippen LogP contribution is 2.21. The lowest BCUT2D eigenvalue weighted by Crippen LogP contribution is -2.21. The van der Waals surface area contributed by atoms with Gasteiger partial charge in [0.05, 0.1) is 42.3 Å². The third-order valence-corrected chi connectivity index (χ3v) is 3.54. The van der Waals surface area contributed by atoms with E-state index in [1.54, 1.807) is 0 Å². The molecule has 138 valence electrons. The molecule has 0 unspecified atom stereocenters. The van der Waals surface area contributed by atoms with E-state index in [2.05, 4.69) is 18.8 Å². The first-order valence-corrected chi connectivity index (χ1v) is 7.84. The van der Waals surface area contributed by atoms with Gasteiger partial charge in [-0.1, -0.05) is 0 Å². The van der Waals surface area contributed by atoms with E-state index < -0.39 is 46.2 Å². The van der Waals surface area contributed by atoms with Crippen LogP contribution in [0, 0.1) is 23.3 Å². The second kappa shape index (κ2) is 8.52. The maximum atomic E-state index is 13.8. The molecular weight excluding hydrogens is 378 g/mol. The molecule has 0 fully saturated rings. The molecule has 0 amide bonds. The van der Waals surface area contributed by atoms with Gasteiger partial charge in [0, 0.05) is 6.20 Å². The summed E-state index contributed by atoms with van der Waals surface area (Å²) in [5.41, 5.74) is -1.37. The van der Waals surface area contributed by atoms with Gasteiger partial charge >= 0.3 is 5.97 Å². The number of rotatable bonds is 7. The van der Waals surface area contributed by atoms with Crippen LogP contribution < -0.4 is 5.32 Å². The van der Waals surface area contributed by atoms with E-state index in [0.717, 1.165) is 17.9 Å². The minimum absolute atomic E-state index is 0.0707. The number of ether oxygens (including phenoxy) is 1. The quantitative estimate of drug-likeness (QED) is 0.115. The Kier molecular flexibility index (Phi) is 6.39. The molecule has 2 aromatic rings. The topological polar surface area (TPSA) is 81.2 Å². The molecule has 0 aliphatic heterocycles. The summed E-state index contributed by atoms with van der Waals surface area (Å²) < 4.78 is 65.9. The number of ketones is 1. The normalized spacial score (nSPS) is 11.3. The zero-order valence-electron chi connectivity index (χ0n) is 13.2. The molecule has 1 aromatic carbocycles. The number of hydrogen-bond donors (Lipinski definition) is 1. The van der Waals surface area contributed by atoms with E-state index in [1.807, 2.05) is 0 Å². The maximum Gasteiger partial charge on any atom is 0.343 e. The SMILES string of the molecule is CCOC(=O)C(=CNCc1cnsn1)C(=O)c1cc(F)c(F)c(F)c1F. The summed E-state index contributed by atoms with van der Waals surface area (Å²) in [4.78, 5) is 24.3. The van der Waals surface area contributed by atoms with Crippen LogP contribution in [-0.4, -0.2) is 27.1 Å². The van der Waals surface area contributed by atoms with Crippen LogP contribution in [0.25, 0.3) is 0 Å². The van der Waals surface area contributed by atoms with Gasteiger partial charge in [-0.05, 0) is 13.0 Å². The van der Waals surface area contributed by atoms with Gasteiger partial charge in [-0.25, -0.2) is 22.4 Å². The van der Waals surface area contributed by atoms with Crippen LogP contribution in [0.1, 0.15) is 23.0 Å². The minimum Gasteiger partial charge on any atom is -0.462 e. The Morgan fingerprint density at radius 3 is 2.58 bits per heavy atom. The van der Waals surface area contributed by atoms with Gasteiger partial charge in [-0.2, -0.15) is 8.75 Å². The molecule has 11 heteroatoms. The highest BCUT2D eigenvalue weighted by molar-refractivity contribution is 6.99. The van der Waals surface area contributed by atoms with Crippen LogP contribution in [0.3, 0.4) is 0 Å². The fourth-order valence-electron chi connectivity index (χ4n) is 1.83. The summed E-state index contributed by atoms with van der Waals surface area (Å²) in [7, 11) is 0. The Hall–Kier alpha value is -2.82. The lowest BCUT2D eigenvalue weighted by atomic mass is 10.0. The molecule has 0 spiro atoms. The number of Topliss-reactive ketones (excluding diaryl/α,β-unsaturated/α-hetero) is 1. The van der Waals surface area contributed by atoms with Crippen LogP contribution in [-0.2, 0) is 16.1 Å². The molecule has 6 nitrogen and oxygen atoms in total. The van der Waals surface area contributed by atoms with Crippen LogP contribution in [0.4, 0.5) is 17.6 Å².